The molecule has 0 aliphatic heterocycles. The summed E-state index contributed by atoms with van der Waals surface area (Å²) in [6, 6.07) is 94.4. The number of para-hydroxylation sites is 2. The van der Waals surface area contributed by atoms with Crippen molar-refractivity contribution in [2.45, 2.75) is 0 Å². The molecule has 0 saturated carbocycles. The summed E-state index contributed by atoms with van der Waals surface area (Å²) in [5.41, 5.74) is 19.6. The van der Waals surface area contributed by atoms with Crippen LogP contribution < -0.4 is 0 Å². The molecule has 0 atom stereocenters. The number of fused-ring (bicyclic) bond motifs is 8. The molecule has 13 aromatic carbocycles. The van der Waals surface area contributed by atoms with Crippen LogP contribution in [-0.4, -0.2) is 19.9 Å². The summed E-state index contributed by atoms with van der Waals surface area (Å²) in [5, 5.41) is 30.8. The lowest BCUT2D eigenvalue weighted by Gasteiger charge is -2.14. The van der Waals surface area contributed by atoms with Crippen LogP contribution in [-0.2, 0) is 0 Å². The van der Waals surface area contributed by atoms with E-state index in [-0.39, 0.29) is 0 Å². The van der Waals surface area contributed by atoms with Crippen LogP contribution in [0.15, 0.2) is 255 Å². The molecule has 408 valence electrons. The van der Waals surface area contributed by atoms with Crippen LogP contribution in [0.25, 0.3) is 171 Å². The fourth-order valence-corrected chi connectivity index (χ4v) is 16.1. The van der Waals surface area contributed by atoms with Gasteiger partial charge >= 0.3 is 0 Å². The van der Waals surface area contributed by atoms with Crippen molar-refractivity contribution in [1.82, 2.24) is 19.9 Å². The first kappa shape index (κ1) is 51.6. The summed E-state index contributed by atoms with van der Waals surface area (Å²) in [6.07, 6.45) is 0. The van der Waals surface area contributed by atoms with E-state index in [1.807, 2.05) is 48.5 Å². The zero-order valence-electron chi connectivity index (χ0n) is 46.6. The minimum Gasteiger partial charge on any atom is -0.236 e. The van der Waals surface area contributed by atoms with Crippen LogP contribution in [0.3, 0.4) is 0 Å². The van der Waals surface area contributed by atoms with Crippen LogP contribution in [0.4, 0.5) is 0 Å². The molecule has 4 aromatic heterocycles. The third-order valence-electron chi connectivity index (χ3n) is 16.6. The van der Waals surface area contributed by atoms with E-state index in [9.17, 15) is 10.5 Å². The van der Waals surface area contributed by atoms with Gasteiger partial charge in [-0.25, -0.2) is 19.9 Å². The maximum atomic E-state index is 10.6. The van der Waals surface area contributed by atoms with E-state index in [1.165, 1.54) is 10.8 Å². The number of aromatic nitrogens is 4. The third-order valence-corrected chi connectivity index (χ3v) is 20.9. The van der Waals surface area contributed by atoms with Crippen LogP contribution in [0.5, 0.6) is 0 Å². The molecule has 0 aliphatic rings. The Labute approximate surface area is 521 Å². The predicted octanol–water partition coefficient (Wildman–Crippen LogP) is 22.3. The van der Waals surface area contributed by atoms with E-state index >= 15 is 0 Å². The Morgan fingerprint density at radius 1 is 0.239 bits per heavy atom. The molecule has 0 bridgehead atoms. The van der Waals surface area contributed by atoms with E-state index in [2.05, 4.69) is 218 Å². The third kappa shape index (κ3) is 9.10. The molecule has 0 amide bonds. The zero-order valence-corrected chi connectivity index (χ0v) is 49.8. The molecular formula is C78H42N6S4. The fraction of sp³-hybridized carbons (Fsp3) is 0. The lowest BCUT2D eigenvalue weighted by Crippen LogP contribution is -1.90. The Kier molecular flexibility index (Phi) is 12.3. The molecular weight excluding hydrogens is 1150 g/mol. The summed E-state index contributed by atoms with van der Waals surface area (Å²) in [5.74, 6) is 0. The second-order valence-electron chi connectivity index (χ2n) is 22.0. The van der Waals surface area contributed by atoms with Gasteiger partial charge in [0.1, 0.15) is 20.0 Å². The SMILES string of the molecule is N#Cc1ccc(-c2ccc(-c3cc(-c4nc5ccccc5s4)cc(-c4nc5cc(-c6ccc7sc(-c8cc(-c9cc(C#N)cc(-c%10cc%11ccccc%11c%11ccccc%10%11)c9)cc(-c9nc%10ccccc%10s9)c8)nc7c6)ccc5s4)c3)c3ccccc23)cc1. The van der Waals surface area contributed by atoms with Crippen molar-refractivity contribution in [3.05, 3.63) is 266 Å². The van der Waals surface area contributed by atoms with Gasteiger partial charge in [-0.1, -0.05) is 133 Å². The Morgan fingerprint density at radius 2 is 0.614 bits per heavy atom. The highest BCUT2D eigenvalue weighted by atomic mass is 32.1. The molecule has 0 unspecified atom stereocenters. The summed E-state index contributed by atoms with van der Waals surface area (Å²) < 4.78 is 4.45. The Bertz CT molecular complexity index is 5750. The van der Waals surface area contributed by atoms with E-state index < -0.39 is 0 Å². The number of benzene rings is 13. The quantitative estimate of drug-likeness (QED) is 0.134. The molecule has 0 N–H and O–H groups in total. The molecule has 17 aromatic rings. The van der Waals surface area contributed by atoms with E-state index in [1.54, 1.807) is 45.3 Å². The van der Waals surface area contributed by atoms with Gasteiger partial charge in [0.05, 0.1) is 64.1 Å². The Hall–Kier alpha value is -10.8. The normalized spacial score (nSPS) is 11.6. The van der Waals surface area contributed by atoms with Gasteiger partial charge in [0.15, 0.2) is 0 Å². The highest BCUT2D eigenvalue weighted by molar-refractivity contribution is 7.23. The topological polar surface area (TPSA) is 99.1 Å². The van der Waals surface area contributed by atoms with Gasteiger partial charge in [0.2, 0.25) is 0 Å². The van der Waals surface area contributed by atoms with Crippen molar-refractivity contribution in [2.24, 2.45) is 0 Å². The number of nitrogens with zero attached hydrogens (tertiary/aromatic N) is 6. The highest BCUT2D eigenvalue weighted by Gasteiger charge is 2.20. The first-order chi connectivity index (χ1) is 43.4. The predicted molar refractivity (Wildman–Crippen MR) is 370 cm³/mol. The molecule has 17 rings (SSSR count). The zero-order chi connectivity index (χ0) is 58.4. The molecule has 10 heteroatoms. The van der Waals surface area contributed by atoms with Gasteiger partial charge < -0.3 is 0 Å². The number of nitriles is 2. The number of thiazole rings is 4. The van der Waals surface area contributed by atoms with E-state index in [4.69, 9.17) is 19.9 Å². The van der Waals surface area contributed by atoms with Crippen molar-refractivity contribution >= 4 is 119 Å². The number of hydrogen-bond acceptors (Lipinski definition) is 10. The van der Waals surface area contributed by atoms with Gasteiger partial charge in [-0.2, -0.15) is 10.5 Å². The standard InChI is InChI=1S/C78H42N6S4/c79-43-45-21-23-47(24-22-45)60-27-28-61(64-15-4-3-14-63(60)64)54-36-57(76-82-68-18-8-10-20-72(68)86-76)39-58(37-54)78-84-70-42-49(26-30-74(70)88-78)48-25-29-73-69(41-48)83-77(87-73)56-35-52(34-55(38-56)75-81-67-17-7-9-19-71(67)85-75)51-31-46(44-80)32-53(33-51)66-40-50-11-1-2-12-59(50)62-13-5-6-16-65(62)66/h1-42H. The molecule has 0 radical (unpaired) electrons. The van der Waals surface area contributed by atoms with Gasteiger partial charge in [-0.05, 0) is 209 Å². The number of rotatable bonds is 9. The Balaban J connectivity index is 0.746. The maximum Gasteiger partial charge on any atom is 0.124 e. The smallest absolute Gasteiger partial charge is 0.124 e. The molecule has 6 nitrogen and oxygen atoms in total. The number of hydrogen-bond donors (Lipinski definition) is 0. The van der Waals surface area contributed by atoms with Crippen molar-refractivity contribution in [3.63, 3.8) is 0 Å². The maximum absolute atomic E-state index is 10.6. The average Bonchev–Trinajstić information content (AvgIpc) is 3.04. The van der Waals surface area contributed by atoms with E-state index in [0.717, 1.165) is 160 Å². The monoisotopic (exact) mass is 1190 g/mol. The molecule has 0 fully saturated rings. The second-order valence-corrected chi connectivity index (χ2v) is 26.1. The molecule has 0 aliphatic carbocycles. The fourth-order valence-electron chi connectivity index (χ4n) is 12.4. The minimum absolute atomic E-state index is 0.591. The van der Waals surface area contributed by atoms with Crippen molar-refractivity contribution in [3.8, 4) is 110 Å². The summed E-state index contributed by atoms with van der Waals surface area (Å²) >= 11 is 6.76. The lowest BCUT2D eigenvalue weighted by atomic mass is 9.90. The second kappa shape index (κ2) is 21.0. The highest BCUT2D eigenvalue weighted by Crippen LogP contribution is 2.45. The largest absolute Gasteiger partial charge is 0.236 e. The van der Waals surface area contributed by atoms with Gasteiger partial charge in [-0.3, -0.25) is 0 Å². The van der Waals surface area contributed by atoms with Crippen LogP contribution >= 0.6 is 45.3 Å². The van der Waals surface area contributed by atoms with Crippen molar-refractivity contribution in [1.29, 1.82) is 10.5 Å². The summed E-state index contributed by atoms with van der Waals surface area (Å²) in [6.45, 7) is 0. The molecule has 4 heterocycles. The van der Waals surface area contributed by atoms with E-state index in [0.29, 0.717) is 11.1 Å². The van der Waals surface area contributed by atoms with Crippen molar-refractivity contribution in [2.75, 3.05) is 0 Å². The molecule has 88 heavy (non-hydrogen) atoms. The molecule has 0 saturated heterocycles. The van der Waals surface area contributed by atoms with Crippen LogP contribution in [0, 0.1) is 22.7 Å². The van der Waals surface area contributed by atoms with Gasteiger partial charge in [-0.15, -0.1) is 45.3 Å². The lowest BCUT2D eigenvalue weighted by molar-refractivity contribution is 1.45. The molecule has 0 spiro atoms. The van der Waals surface area contributed by atoms with Crippen LogP contribution in [0.1, 0.15) is 11.1 Å². The Morgan fingerprint density at radius 3 is 1.15 bits per heavy atom. The minimum atomic E-state index is 0.591. The average molecular weight is 1190 g/mol. The first-order valence-corrected chi connectivity index (χ1v) is 32.0. The van der Waals surface area contributed by atoms with Crippen molar-refractivity contribution < 1.29 is 0 Å². The van der Waals surface area contributed by atoms with Crippen LogP contribution in [0.2, 0.25) is 0 Å². The summed E-state index contributed by atoms with van der Waals surface area (Å²) in [7, 11) is 0. The van der Waals surface area contributed by atoms with Gasteiger partial charge in [0, 0.05) is 22.3 Å². The first-order valence-electron chi connectivity index (χ1n) is 28.7. The summed E-state index contributed by atoms with van der Waals surface area (Å²) in [4.78, 5) is 21.1. The van der Waals surface area contributed by atoms with Gasteiger partial charge in [0.25, 0.3) is 0 Å².